The normalized spacial score (nSPS) is 12.7. The molecule has 1 aliphatic carbocycles. The molecule has 0 aliphatic heterocycles. The summed E-state index contributed by atoms with van der Waals surface area (Å²) < 4.78 is 42.3. The molecule has 0 N–H and O–H groups in total. The van der Waals surface area contributed by atoms with Crippen molar-refractivity contribution in [3.63, 3.8) is 0 Å². The Morgan fingerprint density at radius 1 is 0.769 bits per heavy atom. The van der Waals surface area contributed by atoms with E-state index in [1.807, 2.05) is 6.07 Å². The van der Waals surface area contributed by atoms with Crippen molar-refractivity contribution in [1.82, 2.24) is 0 Å². The fourth-order valence-electron chi connectivity index (χ4n) is 3.61. The summed E-state index contributed by atoms with van der Waals surface area (Å²) in [7, 11) is 0. The molecule has 0 radical (unpaired) electrons. The van der Waals surface area contributed by atoms with Gasteiger partial charge in [-0.25, -0.2) is 13.2 Å². The highest BCUT2D eigenvalue weighted by Crippen LogP contribution is 2.38. The lowest BCUT2D eigenvalue weighted by molar-refractivity contribution is 0.584. The van der Waals surface area contributed by atoms with E-state index >= 15 is 0 Å². The quantitative estimate of drug-likeness (QED) is 0.436. The summed E-state index contributed by atoms with van der Waals surface area (Å²) in [5, 5.41) is -0.576. The first-order valence-electron chi connectivity index (χ1n) is 8.57. The number of halogens is 4. The molecule has 0 spiro atoms. The number of hydrogen-bond acceptors (Lipinski definition) is 0. The third kappa shape index (κ3) is 2.80. The first kappa shape index (κ1) is 17.2. The van der Waals surface area contributed by atoms with E-state index in [-0.39, 0.29) is 11.1 Å². The SMILES string of the molecule is CCc1ccc2c(c1)CCc1cc(-c3cc(F)c(Cl)c(F)c3)c(F)cc1-2. The van der Waals surface area contributed by atoms with Crippen molar-refractivity contribution in [1.29, 1.82) is 0 Å². The number of fused-ring (bicyclic) bond motifs is 3. The molecular formula is C22H16ClF3. The van der Waals surface area contributed by atoms with Crippen LogP contribution in [0.4, 0.5) is 13.2 Å². The molecule has 0 bridgehead atoms. The lowest BCUT2D eigenvalue weighted by Gasteiger charge is -2.22. The predicted octanol–water partition coefficient (Wildman–Crippen LogP) is 6.75. The number of aryl methyl sites for hydroxylation is 3. The van der Waals surface area contributed by atoms with Gasteiger partial charge in [-0.05, 0) is 76.9 Å². The maximum atomic E-state index is 14.8. The van der Waals surface area contributed by atoms with Crippen LogP contribution in [0.2, 0.25) is 5.02 Å². The van der Waals surface area contributed by atoms with Crippen molar-refractivity contribution in [2.45, 2.75) is 26.2 Å². The predicted molar refractivity (Wildman–Crippen MR) is 99.0 cm³/mol. The van der Waals surface area contributed by atoms with Gasteiger partial charge in [-0.3, -0.25) is 0 Å². The van der Waals surface area contributed by atoms with Crippen LogP contribution < -0.4 is 0 Å². The van der Waals surface area contributed by atoms with Gasteiger partial charge in [0, 0.05) is 5.56 Å². The summed E-state index contributed by atoms with van der Waals surface area (Å²) in [6, 6.07) is 11.6. The van der Waals surface area contributed by atoms with Crippen LogP contribution in [0.5, 0.6) is 0 Å². The van der Waals surface area contributed by atoms with Crippen LogP contribution >= 0.6 is 11.6 Å². The zero-order chi connectivity index (χ0) is 18.4. The second-order valence-electron chi connectivity index (χ2n) is 6.59. The molecule has 0 aromatic heterocycles. The zero-order valence-electron chi connectivity index (χ0n) is 14.2. The largest absolute Gasteiger partial charge is 0.206 e. The van der Waals surface area contributed by atoms with Crippen LogP contribution in [0, 0.1) is 17.5 Å². The Morgan fingerprint density at radius 3 is 2.08 bits per heavy atom. The van der Waals surface area contributed by atoms with Crippen molar-refractivity contribution < 1.29 is 13.2 Å². The van der Waals surface area contributed by atoms with Gasteiger partial charge in [0.15, 0.2) is 0 Å². The summed E-state index contributed by atoms with van der Waals surface area (Å²) >= 11 is 5.53. The van der Waals surface area contributed by atoms with Gasteiger partial charge in [0.05, 0.1) is 0 Å². The zero-order valence-corrected chi connectivity index (χ0v) is 14.9. The monoisotopic (exact) mass is 372 g/mol. The van der Waals surface area contributed by atoms with Crippen molar-refractivity contribution in [2.75, 3.05) is 0 Å². The van der Waals surface area contributed by atoms with Crippen LogP contribution in [-0.4, -0.2) is 0 Å². The fourth-order valence-corrected chi connectivity index (χ4v) is 3.72. The summed E-state index contributed by atoms with van der Waals surface area (Å²) in [5.74, 6) is -2.29. The van der Waals surface area contributed by atoms with E-state index < -0.39 is 22.5 Å². The molecular weight excluding hydrogens is 357 g/mol. The van der Waals surface area contributed by atoms with Crippen LogP contribution in [0.3, 0.4) is 0 Å². The minimum atomic E-state index is -0.892. The summed E-state index contributed by atoms with van der Waals surface area (Å²) in [6.07, 6.45) is 2.59. The van der Waals surface area contributed by atoms with E-state index in [1.54, 1.807) is 6.07 Å². The van der Waals surface area contributed by atoms with Crippen molar-refractivity contribution in [2.24, 2.45) is 0 Å². The van der Waals surface area contributed by atoms with E-state index in [0.29, 0.717) is 0 Å². The Morgan fingerprint density at radius 2 is 1.42 bits per heavy atom. The highest BCUT2D eigenvalue weighted by Gasteiger charge is 2.20. The van der Waals surface area contributed by atoms with Gasteiger partial charge in [-0.15, -0.1) is 0 Å². The first-order valence-corrected chi connectivity index (χ1v) is 8.95. The van der Waals surface area contributed by atoms with E-state index in [0.717, 1.165) is 48.1 Å². The minimum absolute atomic E-state index is 0.150. The highest BCUT2D eigenvalue weighted by atomic mass is 35.5. The third-order valence-electron chi connectivity index (χ3n) is 5.02. The lowest BCUT2D eigenvalue weighted by Crippen LogP contribution is -2.06. The minimum Gasteiger partial charge on any atom is -0.206 e. The van der Waals surface area contributed by atoms with Gasteiger partial charge in [-0.2, -0.15) is 0 Å². The lowest BCUT2D eigenvalue weighted by atomic mass is 9.83. The standard InChI is InChI=1S/C22H16ClF3/c1-2-12-3-6-16-13(7-12)4-5-14-8-18(19(24)11-17(14)16)15-9-20(25)22(23)21(26)10-15/h3,6-11H,2,4-5H2,1H3. The van der Waals surface area contributed by atoms with E-state index in [1.165, 1.54) is 17.2 Å². The Labute approximate surface area is 155 Å². The molecule has 3 aromatic carbocycles. The average molecular weight is 373 g/mol. The molecule has 0 fully saturated rings. The maximum absolute atomic E-state index is 14.8. The molecule has 3 aromatic rings. The molecule has 0 saturated carbocycles. The van der Waals surface area contributed by atoms with Crippen LogP contribution in [0.15, 0.2) is 42.5 Å². The Kier molecular flexibility index (Phi) is 4.28. The second kappa shape index (κ2) is 6.48. The van der Waals surface area contributed by atoms with Crippen LogP contribution in [0.1, 0.15) is 23.6 Å². The summed E-state index contributed by atoms with van der Waals surface area (Å²) in [4.78, 5) is 0. The topological polar surface area (TPSA) is 0 Å². The molecule has 1 aliphatic rings. The Bertz CT molecular complexity index is 1000. The molecule has 4 rings (SSSR count). The molecule has 0 saturated heterocycles. The molecule has 132 valence electrons. The fraction of sp³-hybridized carbons (Fsp3) is 0.182. The molecule has 0 heterocycles. The third-order valence-corrected chi connectivity index (χ3v) is 5.38. The smallest absolute Gasteiger partial charge is 0.145 e. The molecule has 0 atom stereocenters. The van der Waals surface area contributed by atoms with Crippen LogP contribution in [-0.2, 0) is 19.3 Å². The molecule has 0 nitrogen and oxygen atoms in total. The molecule has 0 amide bonds. The Hall–Kier alpha value is -2.26. The van der Waals surface area contributed by atoms with Crippen molar-refractivity contribution in [3.05, 3.63) is 81.6 Å². The van der Waals surface area contributed by atoms with Gasteiger partial charge >= 0.3 is 0 Å². The van der Waals surface area contributed by atoms with E-state index in [9.17, 15) is 13.2 Å². The van der Waals surface area contributed by atoms with Gasteiger partial charge in [0.1, 0.15) is 22.5 Å². The second-order valence-corrected chi connectivity index (χ2v) is 6.97. The first-order chi connectivity index (χ1) is 12.5. The van der Waals surface area contributed by atoms with Gasteiger partial charge < -0.3 is 0 Å². The maximum Gasteiger partial charge on any atom is 0.145 e. The van der Waals surface area contributed by atoms with Gasteiger partial charge in [-0.1, -0.05) is 36.7 Å². The highest BCUT2D eigenvalue weighted by molar-refractivity contribution is 6.31. The summed E-state index contributed by atoms with van der Waals surface area (Å²) in [5.41, 5.74) is 5.68. The molecule has 26 heavy (non-hydrogen) atoms. The summed E-state index contributed by atoms with van der Waals surface area (Å²) in [6.45, 7) is 2.11. The van der Waals surface area contributed by atoms with Crippen molar-refractivity contribution in [3.8, 4) is 22.3 Å². The van der Waals surface area contributed by atoms with E-state index in [2.05, 4.69) is 19.1 Å². The van der Waals surface area contributed by atoms with Gasteiger partial charge in [0.25, 0.3) is 0 Å². The number of benzene rings is 3. The average Bonchev–Trinajstić information content (AvgIpc) is 2.64. The van der Waals surface area contributed by atoms with Crippen LogP contribution in [0.25, 0.3) is 22.3 Å². The molecule has 0 unspecified atom stereocenters. The van der Waals surface area contributed by atoms with Gasteiger partial charge in [0.2, 0.25) is 0 Å². The molecule has 4 heteroatoms. The number of rotatable bonds is 2. The van der Waals surface area contributed by atoms with E-state index in [4.69, 9.17) is 11.6 Å². The van der Waals surface area contributed by atoms with Crippen molar-refractivity contribution >= 4 is 11.6 Å². The Balaban J connectivity index is 1.85. The number of hydrogen-bond donors (Lipinski definition) is 0.